The minimum atomic E-state index is -4.68. The second-order valence-corrected chi connectivity index (χ2v) is 7.25. The predicted molar refractivity (Wildman–Crippen MR) is 106 cm³/mol. The summed E-state index contributed by atoms with van der Waals surface area (Å²) in [4.78, 5) is 4.16. The Kier molecular flexibility index (Phi) is 6.14. The molecule has 1 aromatic carbocycles. The predicted octanol–water partition coefficient (Wildman–Crippen LogP) is 2.67. The van der Waals surface area contributed by atoms with Crippen molar-refractivity contribution in [3.63, 3.8) is 0 Å². The van der Waals surface area contributed by atoms with E-state index in [1.54, 1.807) is 6.07 Å². The smallest absolute Gasteiger partial charge is 0.453 e. The Hall–Kier alpha value is -3.05. The maximum atomic E-state index is 13.2. The number of nitrogens with one attached hydrogen (secondary N) is 2. The van der Waals surface area contributed by atoms with Crippen LogP contribution in [0, 0.1) is 0 Å². The van der Waals surface area contributed by atoms with E-state index in [0.29, 0.717) is 22.7 Å². The maximum absolute atomic E-state index is 13.2. The number of halogens is 3. The molecular formula is C20H22F3N7O. The van der Waals surface area contributed by atoms with Crippen LogP contribution < -0.4 is 15.4 Å². The fourth-order valence-electron chi connectivity index (χ4n) is 3.81. The number of hydrogen-bond donors (Lipinski definition) is 2. The van der Waals surface area contributed by atoms with Gasteiger partial charge in [0, 0.05) is 24.2 Å². The summed E-state index contributed by atoms with van der Waals surface area (Å²) in [5, 5.41) is 16.8. The van der Waals surface area contributed by atoms with Crippen molar-refractivity contribution < 1.29 is 17.9 Å². The zero-order chi connectivity index (χ0) is 21.8. The summed E-state index contributed by atoms with van der Waals surface area (Å²) in [6.45, 7) is 1.29. The minimum Gasteiger partial charge on any atom is -0.481 e. The monoisotopic (exact) mass is 433 g/mol. The summed E-state index contributed by atoms with van der Waals surface area (Å²) in [6.07, 6.45) is -1.44. The summed E-state index contributed by atoms with van der Waals surface area (Å²) in [5.74, 6) is -0.878. The van der Waals surface area contributed by atoms with E-state index >= 15 is 0 Å². The Balaban J connectivity index is 1.57. The van der Waals surface area contributed by atoms with Crippen LogP contribution in [0.3, 0.4) is 0 Å². The zero-order valence-corrected chi connectivity index (χ0v) is 16.8. The number of tetrazole rings is 1. The number of nitrogens with zero attached hydrogens (tertiary/aromatic N) is 5. The van der Waals surface area contributed by atoms with Crippen molar-refractivity contribution >= 4 is 0 Å². The van der Waals surface area contributed by atoms with E-state index in [2.05, 4.69) is 43.3 Å². The highest BCUT2D eigenvalue weighted by Gasteiger charge is 2.38. The van der Waals surface area contributed by atoms with Crippen LogP contribution in [0.2, 0.25) is 0 Å². The number of rotatable bonds is 6. The molecule has 0 aliphatic carbocycles. The summed E-state index contributed by atoms with van der Waals surface area (Å²) in [5.41, 5.74) is 1.90. The van der Waals surface area contributed by atoms with Gasteiger partial charge in [0.2, 0.25) is 5.88 Å². The Labute approximate surface area is 176 Å². The molecule has 11 heteroatoms. The minimum absolute atomic E-state index is 0.108. The van der Waals surface area contributed by atoms with Crippen molar-refractivity contribution in [1.82, 2.24) is 35.8 Å². The number of pyridine rings is 1. The van der Waals surface area contributed by atoms with Crippen LogP contribution in [0.5, 0.6) is 5.88 Å². The van der Waals surface area contributed by atoms with E-state index < -0.39 is 12.0 Å². The molecule has 2 N–H and O–H groups in total. The second-order valence-electron chi connectivity index (χ2n) is 7.25. The zero-order valence-electron chi connectivity index (χ0n) is 16.8. The molecule has 164 valence electrons. The summed E-state index contributed by atoms with van der Waals surface area (Å²) >= 11 is 0. The van der Waals surface area contributed by atoms with Gasteiger partial charge in [0.25, 0.3) is 5.82 Å². The lowest BCUT2D eigenvalue weighted by molar-refractivity contribution is -0.146. The third-order valence-corrected chi connectivity index (χ3v) is 5.24. The van der Waals surface area contributed by atoms with Gasteiger partial charge in [-0.2, -0.15) is 17.9 Å². The number of piperidine rings is 1. The molecule has 0 bridgehead atoms. The van der Waals surface area contributed by atoms with Gasteiger partial charge in [-0.25, -0.2) is 4.98 Å². The number of methoxy groups -OCH3 is 1. The van der Waals surface area contributed by atoms with Gasteiger partial charge in [-0.05, 0) is 41.4 Å². The molecule has 0 amide bonds. The van der Waals surface area contributed by atoms with Crippen molar-refractivity contribution in [2.24, 2.45) is 0 Å². The molecule has 0 radical (unpaired) electrons. The average Bonchev–Trinajstić information content (AvgIpc) is 3.29. The third-order valence-electron chi connectivity index (χ3n) is 5.24. The van der Waals surface area contributed by atoms with Gasteiger partial charge < -0.3 is 15.4 Å². The van der Waals surface area contributed by atoms with Crippen molar-refractivity contribution in [3.8, 4) is 11.6 Å². The van der Waals surface area contributed by atoms with E-state index in [1.807, 2.05) is 18.2 Å². The van der Waals surface area contributed by atoms with Gasteiger partial charge in [-0.1, -0.05) is 30.3 Å². The molecule has 0 unspecified atom stereocenters. The largest absolute Gasteiger partial charge is 0.481 e. The first-order chi connectivity index (χ1) is 15.0. The first-order valence-electron chi connectivity index (χ1n) is 9.88. The molecule has 1 fully saturated rings. The number of alkyl halides is 3. The lowest BCUT2D eigenvalue weighted by atomic mass is 9.92. The van der Waals surface area contributed by atoms with Crippen LogP contribution >= 0.6 is 0 Å². The molecule has 8 nitrogen and oxygen atoms in total. The lowest BCUT2D eigenvalue weighted by Crippen LogP contribution is -2.45. The van der Waals surface area contributed by atoms with Gasteiger partial charge in [0.1, 0.15) is 0 Å². The molecule has 1 saturated heterocycles. The van der Waals surface area contributed by atoms with E-state index in [9.17, 15) is 13.2 Å². The van der Waals surface area contributed by atoms with E-state index in [-0.39, 0.29) is 17.8 Å². The Morgan fingerprint density at radius 2 is 2.06 bits per heavy atom. The van der Waals surface area contributed by atoms with Crippen molar-refractivity contribution in [2.75, 3.05) is 13.7 Å². The Morgan fingerprint density at radius 1 is 1.26 bits per heavy atom. The number of hydrogen-bond acceptors (Lipinski definition) is 7. The topological polar surface area (TPSA) is 89.8 Å². The van der Waals surface area contributed by atoms with Gasteiger partial charge in [0.05, 0.1) is 19.0 Å². The molecular weight excluding hydrogens is 411 g/mol. The number of aromatic nitrogens is 5. The molecule has 0 saturated carbocycles. The van der Waals surface area contributed by atoms with Crippen LogP contribution in [0.15, 0.2) is 42.6 Å². The van der Waals surface area contributed by atoms with E-state index in [0.717, 1.165) is 19.4 Å². The van der Waals surface area contributed by atoms with Crippen LogP contribution in [0.1, 0.15) is 35.8 Å². The van der Waals surface area contributed by atoms with Crippen LogP contribution in [0.25, 0.3) is 5.69 Å². The lowest BCUT2D eigenvalue weighted by Gasteiger charge is -2.34. The SMILES string of the molecule is COc1ncc(-n2nnnc2C(F)(F)F)cc1CN[C@H]1CCCN[C@H]1c1ccccc1. The molecule has 1 aliphatic heterocycles. The van der Waals surface area contributed by atoms with Crippen molar-refractivity contribution in [1.29, 1.82) is 0 Å². The Bertz CT molecular complexity index is 1010. The fourth-order valence-corrected chi connectivity index (χ4v) is 3.81. The molecule has 3 heterocycles. The fraction of sp³-hybridized carbons (Fsp3) is 0.400. The summed E-state index contributed by atoms with van der Waals surface area (Å²) < 4.78 is 45.5. The van der Waals surface area contributed by atoms with Crippen molar-refractivity contribution in [2.45, 2.75) is 37.6 Å². The quantitative estimate of drug-likeness (QED) is 0.618. The molecule has 2 aromatic heterocycles. The van der Waals surface area contributed by atoms with Crippen molar-refractivity contribution in [3.05, 3.63) is 59.5 Å². The molecule has 31 heavy (non-hydrogen) atoms. The van der Waals surface area contributed by atoms with Gasteiger partial charge >= 0.3 is 6.18 Å². The van der Waals surface area contributed by atoms with E-state index in [4.69, 9.17) is 4.74 Å². The molecule has 4 rings (SSSR count). The third kappa shape index (κ3) is 4.67. The van der Waals surface area contributed by atoms with Crippen LogP contribution in [-0.4, -0.2) is 44.9 Å². The second kappa shape index (κ2) is 8.98. The standard InChI is InChI=1S/C20H22F3N7O/c1-31-18-14(10-15(12-26-18)30-19(20(21,22)23)27-28-29-30)11-25-16-8-5-9-24-17(16)13-6-3-2-4-7-13/h2-4,6-7,10,12,16-17,24-25H,5,8-9,11H2,1H3/t16-,17-/m0/s1. The molecule has 0 spiro atoms. The number of ether oxygens (including phenoxy) is 1. The average molecular weight is 433 g/mol. The van der Waals surface area contributed by atoms with E-state index in [1.165, 1.54) is 18.9 Å². The highest BCUT2D eigenvalue weighted by molar-refractivity contribution is 5.38. The van der Waals surface area contributed by atoms with Gasteiger partial charge in [0.15, 0.2) is 0 Å². The Morgan fingerprint density at radius 3 is 2.81 bits per heavy atom. The molecule has 3 aromatic rings. The highest BCUT2D eigenvalue weighted by atomic mass is 19.4. The molecule has 1 aliphatic rings. The summed E-state index contributed by atoms with van der Waals surface area (Å²) in [6, 6.07) is 12.0. The first kappa shape index (κ1) is 21.2. The van der Waals surface area contributed by atoms with Crippen LogP contribution in [-0.2, 0) is 12.7 Å². The maximum Gasteiger partial charge on any atom is 0.453 e. The van der Waals surface area contributed by atoms with Gasteiger partial charge in [-0.3, -0.25) is 0 Å². The summed E-state index contributed by atoms with van der Waals surface area (Å²) in [7, 11) is 1.47. The molecule has 2 atom stereocenters. The normalized spacial score (nSPS) is 19.4. The van der Waals surface area contributed by atoms with Gasteiger partial charge in [-0.15, -0.1) is 5.10 Å². The highest BCUT2D eigenvalue weighted by Crippen LogP contribution is 2.29. The first-order valence-corrected chi connectivity index (χ1v) is 9.88. The number of benzene rings is 1. The van der Waals surface area contributed by atoms with Crippen LogP contribution in [0.4, 0.5) is 13.2 Å².